The second-order valence-corrected chi connectivity index (χ2v) is 4.62. The molecule has 2 heteroatoms. The molecule has 16 heavy (non-hydrogen) atoms. The van der Waals surface area contributed by atoms with Crippen molar-refractivity contribution in [3.8, 4) is 5.75 Å². The number of ether oxygens (including phenoxy) is 1. The van der Waals surface area contributed by atoms with Crippen LogP contribution in [-0.2, 0) is 0 Å². The summed E-state index contributed by atoms with van der Waals surface area (Å²) in [6, 6.07) is 6.98. The van der Waals surface area contributed by atoms with E-state index in [0.717, 1.165) is 18.2 Å². The van der Waals surface area contributed by atoms with Crippen molar-refractivity contribution in [2.75, 3.05) is 13.7 Å². The van der Waals surface area contributed by atoms with Crippen LogP contribution in [0.15, 0.2) is 18.2 Å². The summed E-state index contributed by atoms with van der Waals surface area (Å²) in [5.41, 5.74) is 2.57. The maximum Gasteiger partial charge on any atom is 0.123 e. The fourth-order valence-electron chi connectivity index (χ4n) is 2.26. The highest BCUT2D eigenvalue weighted by Crippen LogP contribution is 2.43. The minimum atomic E-state index is 0.473. The van der Waals surface area contributed by atoms with E-state index in [1.165, 1.54) is 24.0 Å². The number of hydrogen-bond donors (Lipinski definition) is 1. The Bertz CT molecular complexity index is 358. The summed E-state index contributed by atoms with van der Waals surface area (Å²) in [6.45, 7) is 5.28. The molecule has 0 aromatic heterocycles. The van der Waals surface area contributed by atoms with Crippen LogP contribution in [0.1, 0.15) is 36.9 Å². The van der Waals surface area contributed by atoms with Crippen LogP contribution < -0.4 is 10.1 Å². The van der Waals surface area contributed by atoms with Gasteiger partial charge in [0.1, 0.15) is 5.75 Å². The van der Waals surface area contributed by atoms with E-state index >= 15 is 0 Å². The Labute approximate surface area is 98.0 Å². The van der Waals surface area contributed by atoms with E-state index in [9.17, 15) is 0 Å². The molecule has 1 aromatic carbocycles. The molecule has 0 saturated heterocycles. The van der Waals surface area contributed by atoms with Crippen LogP contribution >= 0.6 is 0 Å². The monoisotopic (exact) mass is 219 g/mol. The van der Waals surface area contributed by atoms with E-state index < -0.39 is 0 Å². The van der Waals surface area contributed by atoms with Crippen LogP contribution in [0.2, 0.25) is 0 Å². The summed E-state index contributed by atoms with van der Waals surface area (Å²) in [7, 11) is 1.76. The Morgan fingerprint density at radius 1 is 1.44 bits per heavy atom. The quantitative estimate of drug-likeness (QED) is 0.821. The normalized spacial score (nSPS) is 17.2. The van der Waals surface area contributed by atoms with Crippen molar-refractivity contribution in [2.45, 2.75) is 32.7 Å². The molecule has 0 amide bonds. The van der Waals surface area contributed by atoms with E-state index in [1.807, 2.05) is 0 Å². The van der Waals surface area contributed by atoms with Crippen molar-refractivity contribution in [1.82, 2.24) is 5.32 Å². The molecule has 1 aliphatic carbocycles. The zero-order chi connectivity index (χ0) is 11.5. The lowest BCUT2D eigenvalue weighted by Crippen LogP contribution is -2.23. The Hall–Kier alpha value is -1.02. The molecule has 0 aliphatic heterocycles. The number of hydrogen-bond acceptors (Lipinski definition) is 2. The first-order valence-corrected chi connectivity index (χ1v) is 6.14. The Morgan fingerprint density at radius 2 is 2.19 bits per heavy atom. The van der Waals surface area contributed by atoms with E-state index in [0.29, 0.717) is 6.04 Å². The zero-order valence-electron chi connectivity index (χ0n) is 10.4. The van der Waals surface area contributed by atoms with Crippen molar-refractivity contribution < 1.29 is 4.74 Å². The third kappa shape index (κ3) is 2.38. The Kier molecular flexibility index (Phi) is 3.49. The van der Waals surface area contributed by atoms with Gasteiger partial charge in [-0.3, -0.25) is 0 Å². The molecule has 1 N–H and O–H groups in total. The number of benzene rings is 1. The van der Waals surface area contributed by atoms with Crippen LogP contribution in [0, 0.1) is 12.8 Å². The fourth-order valence-corrected chi connectivity index (χ4v) is 2.26. The summed E-state index contributed by atoms with van der Waals surface area (Å²) < 4.78 is 5.49. The third-order valence-electron chi connectivity index (χ3n) is 3.24. The van der Waals surface area contributed by atoms with Crippen molar-refractivity contribution >= 4 is 0 Å². The van der Waals surface area contributed by atoms with Gasteiger partial charge in [-0.1, -0.05) is 19.1 Å². The largest absolute Gasteiger partial charge is 0.496 e. The van der Waals surface area contributed by atoms with Crippen LogP contribution in [0.25, 0.3) is 0 Å². The Morgan fingerprint density at radius 3 is 2.75 bits per heavy atom. The summed E-state index contributed by atoms with van der Waals surface area (Å²) in [5.74, 6) is 1.83. The molecule has 2 rings (SSSR count). The molecule has 1 saturated carbocycles. The SMILES string of the molecule is CCNC(c1ccc(C)cc1OC)C1CC1. The van der Waals surface area contributed by atoms with Gasteiger partial charge in [0.2, 0.25) is 0 Å². The predicted octanol–water partition coefficient (Wildman–Crippen LogP) is 3.06. The smallest absolute Gasteiger partial charge is 0.123 e. The second-order valence-electron chi connectivity index (χ2n) is 4.62. The van der Waals surface area contributed by atoms with Crippen molar-refractivity contribution in [3.63, 3.8) is 0 Å². The fraction of sp³-hybridized carbons (Fsp3) is 0.571. The third-order valence-corrected chi connectivity index (χ3v) is 3.24. The number of rotatable bonds is 5. The number of nitrogens with one attached hydrogen (secondary N) is 1. The molecule has 0 heterocycles. The van der Waals surface area contributed by atoms with E-state index in [-0.39, 0.29) is 0 Å². The van der Waals surface area contributed by atoms with Crippen molar-refractivity contribution in [2.24, 2.45) is 5.92 Å². The molecule has 0 radical (unpaired) electrons. The average molecular weight is 219 g/mol. The van der Waals surface area contributed by atoms with Gasteiger partial charge in [0.05, 0.1) is 7.11 Å². The van der Waals surface area contributed by atoms with Crippen LogP contribution in [0.3, 0.4) is 0 Å². The van der Waals surface area contributed by atoms with Crippen LogP contribution in [0.5, 0.6) is 5.75 Å². The van der Waals surface area contributed by atoms with Gasteiger partial charge in [-0.05, 0) is 43.9 Å². The second kappa shape index (κ2) is 4.88. The molecule has 1 fully saturated rings. The highest BCUT2D eigenvalue weighted by molar-refractivity contribution is 5.40. The van der Waals surface area contributed by atoms with Crippen LogP contribution in [-0.4, -0.2) is 13.7 Å². The Balaban J connectivity index is 2.28. The molecule has 1 atom stereocenters. The van der Waals surface area contributed by atoms with Gasteiger partial charge in [0, 0.05) is 11.6 Å². The molecule has 0 spiro atoms. The van der Waals surface area contributed by atoms with Gasteiger partial charge in [-0.2, -0.15) is 0 Å². The van der Waals surface area contributed by atoms with Gasteiger partial charge in [0.15, 0.2) is 0 Å². The minimum Gasteiger partial charge on any atom is -0.496 e. The lowest BCUT2D eigenvalue weighted by molar-refractivity contribution is 0.392. The molecule has 88 valence electrons. The molecule has 1 aliphatic rings. The molecular formula is C14H21NO. The van der Waals surface area contributed by atoms with Gasteiger partial charge in [-0.25, -0.2) is 0 Å². The average Bonchev–Trinajstić information content (AvgIpc) is 3.10. The minimum absolute atomic E-state index is 0.473. The molecular weight excluding hydrogens is 198 g/mol. The summed E-state index contributed by atoms with van der Waals surface area (Å²) >= 11 is 0. The maximum absolute atomic E-state index is 5.49. The first-order valence-electron chi connectivity index (χ1n) is 6.14. The van der Waals surface area contributed by atoms with Gasteiger partial charge in [-0.15, -0.1) is 0 Å². The van der Waals surface area contributed by atoms with E-state index in [4.69, 9.17) is 4.74 Å². The topological polar surface area (TPSA) is 21.3 Å². The van der Waals surface area contributed by atoms with Gasteiger partial charge >= 0.3 is 0 Å². The first kappa shape index (κ1) is 11.5. The lowest BCUT2D eigenvalue weighted by Gasteiger charge is -2.20. The van der Waals surface area contributed by atoms with E-state index in [2.05, 4.69) is 37.4 Å². The molecule has 1 unspecified atom stereocenters. The first-order chi connectivity index (χ1) is 7.76. The maximum atomic E-state index is 5.49. The van der Waals surface area contributed by atoms with Gasteiger partial charge in [0.25, 0.3) is 0 Å². The molecule has 2 nitrogen and oxygen atoms in total. The summed E-state index contributed by atoms with van der Waals surface area (Å²) in [6.07, 6.45) is 2.68. The molecule has 0 bridgehead atoms. The number of methoxy groups -OCH3 is 1. The van der Waals surface area contributed by atoms with Crippen LogP contribution in [0.4, 0.5) is 0 Å². The molecule has 1 aromatic rings. The summed E-state index contributed by atoms with van der Waals surface area (Å²) in [5, 5.41) is 3.58. The lowest BCUT2D eigenvalue weighted by atomic mass is 10.00. The summed E-state index contributed by atoms with van der Waals surface area (Å²) in [4.78, 5) is 0. The highest BCUT2D eigenvalue weighted by Gasteiger charge is 2.33. The zero-order valence-corrected chi connectivity index (χ0v) is 10.4. The standard InChI is InChI=1S/C14H21NO/c1-4-15-14(11-6-7-11)12-8-5-10(2)9-13(12)16-3/h5,8-9,11,14-15H,4,6-7H2,1-3H3. The van der Waals surface area contributed by atoms with E-state index in [1.54, 1.807) is 7.11 Å². The predicted molar refractivity (Wildman–Crippen MR) is 66.9 cm³/mol. The van der Waals surface area contributed by atoms with Crippen molar-refractivity contribution in [1.29, 1.82) is 0 Å². The highest BCUT2D eigenvalue weighted by atomic mass is 16.5. The van der Waals surface area contributed by atoms with Gasteiger partial charge < -0.3 is 10.1 Å². The number of aryl methyl sites for hydroxylation is 1. The van der Waals surface area contributed by atoms with Crippen molar-refractivity contribution in [3.05, 3.63) is 29.3 Å².